The highest BCUT2D eigenvalue weighted by Crippen LogP contribution is 2.25. The summed E-state index contributed by atoms with van der Waals surface area (Å²) >= 11 is 0. The van der Waals surface area contributed by atoms with Gasteiger partial charge in [0, 0.05) is 31.7 Å². The lowest BCUT2D eigenvalue weighted by Crippen LogP contribution is -2.53. The molecule has 2 heterocycles. The van der Waals surface area contributed by atoms with E-state index in [9.17, 15) is 4.79 Å². The Labute approximate surface area is 126 Å². The van der Waals surface area contributed by atoms with Crippen LogP contribution in [0.1, 0.15) is 31.4 Å². The van der Waals surface area contributed by atoms with Gasteiger partial charge >= 0.3 is 0 Å². The van der Waals surface area contributed by atoms with Crippen LogP contribution in [-0.2, 0) is 4.79 Å². The molecule has 0 radical (unpaired) electrons. The molecule has 114 valence electrons. The highest BCUT2D eigenvalue weighted by molar-refractivity contribution is 5.79. The molecule has 21 heavy (non-hydrogen) atoms. The summed E-state index contributed by atoms with van der Waals surface area (Å²) in [6.45, 7) is 5.91. The van der Waals surface area contributed by atoms with E-state index in [1.807, 2.05) is 42.2 Å². The molecular weight excluding hydrogens is 262 g/mol. The smallest absolute Gasteiger partial charge is 0.227 e. The van der Waals surface area contributed by atoms with Gasteiger partial charge in [0.1, 0.15) is 0 Å². The van der Waals surface area contributed by atoms with E-state index in [2.05, 4.69) is 4.90 Å². The molecule has 3 atom stereocenters. The Morgan fingerprint density at radius 2 is 2.00 bits per heavy atom. The minimum absolute atomic E-state index is 0.166. The first kappa shape index (κ1) is 14.5. The van der Waals surface area contributed by atoms with Crippen molar-refractivity contribution in [3.05, 3.63) is 35.9 Å². The van der Waals surface area contributed by atoms with Crippen LogP contribution in [0.3, 0.4) is 0 Å². The first-order valence-corrected chi connectivity index (χ1v) is 8.00. The second kappa shape index (κ2) is 6.16. The van der Waals surface area contributed by atoms with Gasteiger partial charge in [-0.25, -0.2) is 0 Å². The van der Waals surface area contributed by atoms with Crippen LogP contribution in [0.25, 0.3) is 0 Å². The summed E-state index contributed by atoms with van der Waals surface area (Å²) in [7, 11) is 0. The van der Waals surface area contributed by atoms with Crippen LogP contribution in [0, 0.1) is 5.92 Å². The maximum absolute atomic E-state index is 12.7. The number of carbonyl (C=O) groups excluding carboxylic acids is 1. The molecule has 4 nitrogen and oxygen atoms in total. The highest BCUT2D eigenvalue weighted by Gasteiger charge is 2.35. The Hall–Kier alpha value is -1.39. The number of nitrogens with zero attached hydrogens (tertiary/aromatic N) is 2. The van der Waals surface area contributed by atoms with E-state index in [4.69, 9.17) is 5.73 Å². The summed E-state index contributed by atoms with van der Waals surface area (Å²) in [6, 6.07) is 10.3. The standard InChI is InChI=1S/C17H25N3O/c1-13(16(18)14-6-3-2-4-7-14)17(21)20-11-10-19-9-5-8-15(19)12-20/h2-4,6-7,13,15-16H,5,8-12,18H2,1H3. The number of fused-ring (bicyclic) bond motifs is 1. The third kappa shape index (κ3) is 2.97. The fourth-order valence-electron chi connectivity index (χ4n) is 3.60. The van der Waals surface area contributed by atoms with Crippen molar-refractivity contribution in [1.29, 1.82) is 0 Å². The Bertz CT molecular complexity index is 490. The molecule has 0 aromatic heterocycles. The van der Waals surface area contributed by atoms with Gasteiger partial charge < -0.3 is 10.6 Å². The van der Waals surface area contributed by atoms with E-state index < -0.39 is 0 Å². The van der Waals surface area contributed by atoms with Crippen molar-refractivity contribution < 1.29 is 4.79 Å². The summed E-state index contributed by atoms with van der Waals surface area (Å²) < 4.78 is 0. The predicted molar refractivity (Wildman–Crippen MR) is 83.7 cm³/mol. The van der Waals surface area contributed by atoms with Gasteiger partial charge in [0.2, 0.25) is 5.91 Å². The number of carbonyl (C=O) groups is 1. The van der Waals surface area contributed by atoms with Gasteiger partial charge in [0.15, 0.2) is 0 Å². The Kier molecular flexibility index (Phi) is 4.27. The molecular formula is C17H25N3O. The quantitative estimate of drug-likeness (QED) is 0.919. The van der Waals surface area contributed by atoms with E-state index in [1.54, 1.807) is 0 Å². The van der Waals surface area contributed by atoms with Crippen LogP contribution >= 0.6 is 0 Å². The Morgan fingerprint density at radius 3 is 2.76 bits per heavy atom. The average Bonchev–Trinajstić information content (AvgIpc) is 3.01. The van der Waals surface area contributed by atoms with Gasteiger partial charge in [0.05, 0.1) is 5.92 Å². The molecule has 2 saturated heterocycles. The fourth-order valence-corrected chi connectivity index (χ4v) is 3.60. The summed E-state index contributed by atoms with van der Waals surface area (Å²) in [5.74, 6) is 0.0401. The molecule has 0 saturated carbocycles. The summed E-state index contributed by atoms with van der Waals surface area (Å²) in [4.78, 5) is 17.3. The Morgan fingerprint density at radius 1 is 1.24 bits per heavy atom. The minimum atomic E-state index is -0.222. The minimum Gasteiger partial charge on any atom is -0.340 e. The van der Waals surface area contributed by atoms with Crippen molar-refractivity contribution in [1.82, 2.24) is 9.80 Å². The average molecular weight is 287 g/mol. The van der Waals surface area contributed by atoms with Crippen molar-refractivity contribution in [2.24, 2.45) is 11.7 Å². The fraction of sp³-hybridized carbons (Fsp3) is 0.588. The number of benzene rings is 1. The van der Waals surface area contributed by atoms with Crippen LogP contribution < -0.4 is 5.73 Å². The monoisotopic (exact) mass is 287 g/mol. The van der Waals surface area contributed by atoms with E-state index in [-0.39, 0.29) is 17.9 Å². The zero-order valence-corrected chi connectivity index (χ0v) is 12.7. The summed E-state index contributed by atoms with van der Waals surface area (Å²) in [5.41, 5.74) is 7.33. The topological polar surface area (TPSA) is 49.6 Å². The van der Waals surface area contributed by atoms with Gasteiger partial charge in [0.25, 0.3) is 0 Å². The predicted octanol–water partition coefficient (Wildman–Crippen LogP) is 1.63. The van der Waals surface area contributed by atoms with Crippen molar-refractivity contribution in [3.8, 4) is 0 Å². The van der Waals surface area contributed by atoms with E-state index in [1.165, 1.54) is 19.4 Å². The molecule has 0 spiro atoms. The zero-order valence-electron chi connectivity index (χ0n) is 12.7. The van der Waals surface area contributed by atoms with Gasteiger partial charge in [-0.15, -0.1) is 0 Å². The number of amides is 1. The molecule has 0 bridgehead atoms. The maximum atomic E-state index is 12.7. The van der Waals surface area contributed by atoms with Crippen LogP contribution in [0.5, 0.6) is 0 Å². The van der Waals surface area contributed by atoms with Gasteiger partial charge in [-0.3, -0.25) is 9.69 Å². The number of hydrogen-bond donors (Lipinski definition) is 1. The third-order valence-corrected chi connectivity index (χ3v) is 5.01. The van der Waals surface area contributed by atoms with Crippen molar-refractivity contribution >= 4 is 5.91 Å². The van der Waals surface area contributed by atoms with Gasteiger partial charge in [-0.05, 0) is 24.9 Å². The van der Waals surface area contributed by atoms with E-state index >= 15 is 0 Å². The van der Waals surface area contributed by atoms with Crippen molar-refractivity contribution in [2.75, 3.05) is 26.2 Å². The molecule has 3 unspecified atom stereocenters. The number of piperazine rings is 1. The molecule has 2 fully saturated rings. The second-order valence-corrected chi connectivity index (χ2v) is 6.34. The lowest BCUT2D eigenvalue weighted by molar-refractivity contribution is -0.138. The number of hydrogen-bond acceptors (Lipinski definition) is 3. The zero-order chi connectivity index (χ0) is 14.8. The summed E-state index contributed by atoms with van der Waals surface area (Å²) in [5, 5.41) is 0. The van der Waals surface area contributed by atoms with Crippen molar-refractivity contribution in [3.63, 3.8) is 0 Å². The largest absolute Gasteiger partial charge is 0.340 e. The lowest BCUT2D eigenvalue weighted by Gasteiger charge is -2.39. The molecule has 2 aliphatic heterocycles. The third-order valence-electron chi connectivity index (χ3n) is 5.01. The highest BCUT2D eigenvalue weighted by atomic mass is 16.2. The normalized spacial score (nSPS) is 25.4. The van der Waals surface area contributed by atoms with Crippen LogP contribution in [0.15, 0.2) is 30.3 Å². The first-order chi connectivity index (χ1) is 10.2. The molecule has 1 aromatic rings. The molecule has 2 N–H and O–H groups in total. The molecule has 1 aromatic carbocycles. The SMILES string of the molecule is CC(C(=O)N1CCN2CCCC2C1)C(N)c1ccccc1. The second-order valence-electron chi connectivity index (χ2n) is 6.34. The number of rotatable bonds is 3. The molecule has 3 rings (SSSR count). The first-order valence-electron chi connectivity index (χ1n) is 8.00. The lowest BCUT2D eigenvalue weighted by atomic mass is 9.93. The molecule has 1 amide bonds. The van der Waals surface area contributed by atoms with Gasteiger partial charge in [-0.1, -0.05) is 37.3 Å². The molecule has 0 aliphatic carbocycles. The van der Waals surface area contributed by atoms with Crippen LogP contribution in [-0.4, -0.2) is 47.9 Å². The molecule has 2 aliphatic rings. The van der Waals surface area contributed by atoms with Gasteiger partial charge in [-0.2, -0.15) is 0 Å². The molecule has 4 heteroatoms. The Balaban J connectivity index is 1.64. The summed E-state index contributed by atoms with van der Waals surface area (Å²) in [6.07, 6.45) is 2.49. The van der Waals surface area contributed by atoms with E-state index in [0.29, 0.717) is 6.04 Å². The maximum Gasteiger partial charge on any atom is 0.227 e. The van der Waals surface area contributed by atoms with Crippen LogP contribution in [0.4, 0.5) is 0 Å². The van der Waals surface area contributed by atoms with Crippen molar-refractivity contribution in [2.45, 2.75) is 31.8 Å². The number of nitrogens with two attached hydrogens (primary N) is 1. The van der Waals surface area contributed by atoms with Crippen LogP contribution in [0.2, 0.25) is 0 Å². The van der Waals surface area contributed by atoms with E-state index in [0.717, 1.165) is 25.2 Å².